The number of amides is 1. The van der Waals surface area contributed by atoms with Crippen LogP contribution in [0.1, 0.15) is 10.8 Å². The van der Waals surface area contributed by atoms with Crippen LogP contribution in [0, 0.1) is 0 Å². The number of ether oxygens (including phenoxy) is 1. The number of hydrogen-bond donors (Lipinski definition) is 2. The first-order valence-electron chi connectivity index (χ1n) is 8.05. The lowest BCUT2D eigenvalue weighted by Crippen LogP contribution is -2.35. The van der Waals surface area contributed by atoms with Gasteiger partial charge in [-0.05, 0) is 17.7 Å². The average molecular weight is 344 g/mol. The molecule has 1 amide bonds. The molecule has 0 saturated carbocycles. The summed E-state index contributed by atoms with van der Waals surface area (Å²) in [6.45, 7) is 2.78. The summed E-state index contributed by atoms with van der Waals surface area (Å²) in [6.07, 6.45) is 0. The lowest BCUT2D eigenvalue weighted by molar-refractivity contribution is -0.120. The molecule has 24 heavy (non-hydrogen) atoms. The van der Waals surface area contributed by atoms with E-state index in [4.69, 9.17) is 4.74 Å². The van der Waals surface area contributed by atoms with Crippen LogP contribution in [0.4, 0.5) is 0 Å². The standard InChI is InChI=1S/C19H24N2O2S/c1-23-15-14-20-12-13-21-19(22)18(16-8-4-2-5-9-16)24-17-10-6-3-7-11-17/h2-11,18,20H,12-15H2,1H3,(H,21,22). The predicted molar refractivity (Wildman–Crippen MR) is 99.2 cm³/mol. The van der Waals surface area contributed by atoms with Crippen LogP contribution in [0.5, 0.6) is 0 Å². The second-order valence-corrected chi connectivity index (χ2v) is 6.43. The third-order valence-corrected chi connectivity index (χ3v) is 4.69. The Hall–Kier alpha value is -1.82. The molecule has 0 saturated heterocycles. The van der Waals surface area contributed by atoms with Crippen LogP contribution in [0.15, 0.2) is 65.6 Å². The molecule has 0 spiro atoms. The highest BCUT2D eigenvalue weighted by atomic mass is 32.2. The lowest BCUT2D eigenvalue weighted by atomic mass is 10.1. The minimum atomic E-state index is -0.257. The van der Waals surface area contributed by atoms with Crippen LogP contribution in [0.2, 0.25) is 0 Å². The normalized spacial score (nSPS) is 11.9. The minimum absolute atomic E-state index is 0.0311. The Morgan fingerprint density at radius 1 is 1.00 bits per heavy atom. The van der Waals surface area contributed by atoms with Gasteiger partial charge in [-0.1, -0.05) is 48.5 Å². The SMILES string of the molecule is COCCNCCNC(=O)C(Sc1ccccc1)c1ccccc1. The van der Waals surface area contributed by atoms with Crippen molar-refractivity contribution in [2.45, 2.75) is 10.1 Å². The molecule has 0 aliphatic carbocycles. The van der Waals surface area contributed by atoms with Crippen molar-refractivity contribution < 1.29 is 9.53 Å². The zero-order chi connectivity index (χ0) is 17.0. The Morgan fingerprint density at radius 2 is 1.67 bits per heavy atom. The van der Waals surface area contributed by atoms with E-state index in [9.17, 15) is 4.79 Å². The Bertz CT molecular complexity index is 593. The maximum atomic E-state index is 12.7. The van der Waals surface area contributed by atoms with Crippen LogP contribution in [0.3, 0.4) is 0 Å². The molecule has 0 bridgehead atoms. The molecule has 1 unspecified atom stereocenters. The summed E-state index contributed by atoms with van der Waals surface area (Å²) in [5.74, 6) is 0.0311. The van der Waals surface area contributed by atoms with E-state index in [1.807, 2.05) is 60.7 Å². The van der Waals surface area contributed by atoms with Crippen molar-refractivity contribution in [3.8, 4) is 0 Å². The van der Waals surface area contributed by atoms with E-state index >= 15 is 0 Å². The van der Waals surface area contributed by atoms with Crippen molar-refractivity contribution in [1.29, 1.82) is 0 Å². The number of methoxy groups -OCH3 is 1. The van der Waals surface area contributed by atoms with Crippen molar-refractivity contribution in [1.82, 2.24) is 10.6 Å². The average Bonchev–Trinajstić information content (AvgIpc) is 2.64. The van der Waals surface area contributed by atoms with Crippen LogP contribution in [0.25, 0.3) is 0 Å². The van der Waals surface area contributed by atoms with E-state index in [0.29, 0.717) is 13.2 Å². The molecule has 0 aromatic heterocycles. The summed E-state index contributed by atoms with van der Waals surface area (Å²) in [6, 6.07) is 19.9. The van der Waals surface area contributed by atoms with Crippen molar-refractivity contribution in [3.05, 3.63) is 66.2 Å². The summed E-state index contributed by atoms with van der Waals surface area (Å²) < 4.78 is 4.98. The Balaban J connectivity index is 1.94. The summed E-state index contributed by atoms with van der Waals surface area (Å²) >= 11 is 1.57. The summed E-state index contributed by atoms with van der Waals surface area (Å²) in [5.41, 5.74) is 1.01. The van der Waals surface area contributed by atoms with E-state index in [2.05, 4.69) is 10.6 Å². The molecule has 0 heterocycles. The molecular weight excluding hydrogens is 320 g/mol. The second-order valence-electron chi connectivity index (χ2n) is 5.26. The number of carbonyl (C=O) groups excluding carboxylic acids is 1. The molecule has 0 radical (unpaired) electrons. The number of rotatable bonds is 10. The molecule has 0 aliphatic rings. The maximum absolute atomic E-state index is 12.7. The van der Waals surface area contributed by atoms with Gasteiger partial charge in [-0.25, -0.2) is 0 Å². The van der Waals surface area contributed by atoms with Gasteiger partial charge in [0, 0.05) is 31.6 Å². The number of benzene rings is 2. The van der Waals surface area contributed by atoms with Gasteiger partial charge in [-0.3, -0.25) is 4.79 Å². The van der Waals surface area contributed by atoms with Crippen molar-refractivity contribution in [2.24, 2.45) is 0 Å². The third kappa shape index (κ3) is 6.35. The summed E-state index contributed by atoms with van der Waals surface area (Å²) in [4.78, 5) is 13.7. The van der Waals surface area contributed by atoms with Gasteiger partial charge in [0.05, 0.1) is 6.61 Å². The van der Waals surface area contributed by atoms with Crippen molar-refractivity contribution in [3.63, 3.8) is 0 Å². The van der Waals surface area contributed by atoms with Gasteiger partial charge in [0.25, 0.3) is 0 Å². The van der Waals surface area contributed by atoms with Crippen LogP contribution < -0.4 is 10.6 Å². The molecule has 2 N–H and O–H groups in total. The molecule has 4 nitrogen and oxygen atoms in total. The Kier molecular flexibility index (Phi) is 8.38. The van der Waals surface area contributed by atoms with Crippen molar-refractivity contribution >= 4 is 17.7 Å². The number of carbonyl (C=O) groups is 1. The molecule has 2 aromatic rings. The van der Waals surface area contributed by atoms with Gasteiger partial charge in [0.2, 0.25) is 5.91 Å². The summed E-state index contributed by atoms with van der Waals surface area (Å²) in [5, 5.41) is 5.98. The first-order chi connectivity index (χ1) is 11.8. The van der Waals surface area contributed by atoms with Crippen LogP contribution >= 0.6 is 11.8 Å². The quantitative estimate of drug-likeness (QED) is 0.514. The number of thioether (sulfide) groups is 1. The molecule has 2 aromatic carbocycles. The fourth-order valence-electron chi connectivity index (χ4n) is 2.20. The molecule has 0 aliphatic heterocycles. The van der Waals surface area contributed by atoms with Gasteiger partial charge in [-0.15, -0.1) is 11.8 Å². The Labute approximate surface area is 148 Å². The van der Waals surface area contributed by atoms with E-state index in [1.54, 1.807) is 18.9 Å². The minimum Gasteiger partial charge on any atom is -0.383 e. The lowest BCUT2D eigenvalue weighted by Gasteiger charge is -2.17. The largest absolute Gasteiger partial charge is 0.383 e. The smallest absolute Gasteiger partial charge is 0.238 e. The fourth-order valence-corrected chi connectivity index (χ4v) is 3.27. The van der Waals surface area contributed by atoms with Gasteiger partial charge < -0.3 is 15.4 Å². The highest BCUT2D eigenvalue weighted by Crippen LogP contribution is 2.35. The highest BCUT2D eigenvalue weighted by molar-refractivity contribution is 8.00. The molecular formula is C19H24N2O2S. The number of nitrogens with one attached hydrogen (secondary N) is 2. The number of hydrogen-bond acceptors (Lipinski definition) is 4. The topological polar surface area (TPSA) is 50.4 Å². The zero-order valence-corrected chi connectivity index (χ0v) is 14.7. The van der Waals surface area contributed by atoms with Gasteiger partial charge in [0.1, 0.15) is 5.25 Å². The second kappa shape index (κ2) is 10.9. The first-order valence-corrected chi connectivity index (χ1v) is 8.93. The monoisotopic (exact) mass is 344 g/mol. The molecule has 5 heteroatoms. The van der Waals surface area contributed by atoms with E-state index in [0.717, 1.165) is 23.5 Å². The fraction of sp³-hybridized carbons (Fsp3) is 0.316. The van der Waals surface area contributed by atoms with Gasteiger partial charge in [-0.2, -0.15) is 0 Å². The Morgan fingerprint density at radius 3 is 2.33 bits per heavy atom. The van der Waals surface area contributed by atoms with Gasteiger partial charge >= 0.3 is 0 Å². The highest BCUT2D eigenvalue weighted by Gasteiger charge is 2.21. The van der Waals surface area contributed by atoms with Crippen LogP contribution in [-0.4, -0.2) is 39.3 Å². The van der Waals surface area contributed by atoms with Gasteiger partial charge in [0.15, 0.2) is 0 Å². The van der Waals surface area contributed by atoms with E-state index in [1.165, 1.54) is 0 Å². The molecule has 2 rings (SSSR count). The third-order valence-electron chi connectivity index (χ3n) is 3.42. The predicted octanol–water partition coefficient (Wildman–Crippen LogP) is 2.87. The van der Waals surface area contributed by atoms with Crippen LogP contribution in [-0.2, 0) is 9.53 Å². The summed E-state index contributed by atoms with van der Waals surface area (Å²) in [7, 11) is 1.68. The molecule has 1 atom stereocenters. The van der Waals surface area contributed by atoms with E-state index in [-0.39, 0.29) is 11.2 Å². The first kappa shape index (κ1) is 18.5. The zero-order valence-electron chi connectivity index (χ0n) is 13.9. The van der Waals surface area contributed by atoms with E-state index < -0.39 is 0 Å². The maximum Gasteiger partial charge on any atom is 0.238 e. The molecule has 0 fully saturated rings. The molecule has 128 valence electrons. The van der Waals surface area contributed by atoms with Crippen molar-refractivity contribution in [2.75, 3.05) is 33.4 Å².